The average molecular weight is 284 g/mol. The van der Waals surface area contributed by atoms with E-state index in [9.17, 15) is 4.79 Å². The Balaban J connectivity index is 1.61. The lowest BCUT2D eigenvalue weighted by Gasteiger charge is -2.42. The van der Waals surface area contributed by atoms with Crippen LogP contribution in [0.3, 0.4) is 0 Å². The molecule has 0 amide bonds. The summed E-state index contributed by atoms with van der Waals surface area (Å²) < 4.78 is 0. The summed E-state index contributed by atoms with van der Waals surface area (Å²) in [6.07, 6.45) is 14.9. The van der Waals surface area contributed by atoms with Crippen LogP contribution in [-0.4, -0.2) is 5.78 Å². The van der Waals surface area contributed by atoms with Gasteiger partial charge in [-0.3, -0.25) is 4.79 Å². The lowest BCUT2D eigenvalue weighted by Crippen LogP contribution is -2.30. The molecule has 0 heterocycles. The average Bonchev–Trinajstić information content (AvgIpc) is 2.89. The number of ketones is 1. The fourth-order valence-corrected chi connectivity index (χ4v) is 5.96. The molecular weight excluding hydrogens is 256 g/mol. The fourth-order valence-electron chi connectivity index (χ4n) is 5.96. The number of hydrogen-bond donors (Lipinski definition) is 0. The molecule has 4 aliphatic carbocycles. The SMILES string of the molecule is CCCC1C[C@H]2CCC3=C4CCC(=O)C=C4CC[C@H]3[C@@H]2C1. The van der Waals surface area contributed by atoms with Crippen LogP contribution in [0.25, 0.3) is 0 Å². The first-order valence-corrected chi connectivity index (χ1v) is 9.22. The topological polar surface area (TPSA) is 17.1 Å². The van der Waals surface area contributed by atoms with Crippen molar-refractivity contribution in [2.75, 3.05) is 0 Å². The maximum absolute atomic E-state index is 11.7. The van der Waals surface area contributed by atoms with Crippen molar-refractivity contribution in [2.24, 2.45) is 23.7 Å². The zero-order valence-corrected chi connectivity index (χ0v) is 13.4. The van der Waals surface area contributed by atoms with Crippen LogP contribution in [0.2, 0.25) is 0 Å². The van der Waals surface area contributed by atoms with Gasteiger partial charge in [0.1, 0.15) is 0 Å². The first-order chi connectivity index (χ1) is 10.3. The molecule has 0 saturated heterocycles. The van der Waals surface area contributed by atoms with Gasteiger partial charge in [-0.15, -0.1) is 0 Å². The number of hydrogen-bond acceptors (Lipinski definition) is 1. The van der Waals surface area contributed by atoms with Crippen molar-refractivity contribution in [3.63, 3.8) is 0 Å². The van der Waals surface area contributed by atoms with Gasteiger partial charge in [-0.25, -0.2) is 0 Å². The highest BCUT2D eigenvalue weighted by molar-refractivity contribution is 5.93. The maximum Gasteiger partial charge on any atom is 0.156 e. The molecule has 114 valence electrons. The first-order valence-electron chi connectivity index (χ1n) is 9.22. The summed E-state index contributed by atoms with van der Waals surface area (Å²) in [6, 6.07) is 0. The molecule has 0 spiro atoms. The third-order valence-electron chi connectivity index (χ3n) is 6.75. The quantitative estimate of drug-likeness (QED) is 0.679. The summed E-state index contributed by atoms with van der Waals surface area (Å²) in [7, 11) is 0. The van der Waals surface area contributed by atoms with E-state index in [1.54, 1.807) is 11.1 Å². The summed E-state index contributed by atoms with van der Waals surface area (Å²) >= 11 is 0. The summed E-state index contributed by atoms with van der Waals surface area (Å²) in [5.74, 6) is 4.26. The lowest BCUT2D eigenvalue weighted by molar-refractivity contribution is -0.114. The van der Waals surface area contributed by atoms with E-state index in [1.807, 2.05) is 6.08 Å². The predicted octanol–water partition coefficient (Wildman–Crippen LogP) is 5.22. The van der Waals surface area contributed by atoms with Crippen molar-refractivity contribution < 1.29 is 4.79 Å². The molecule has 4 rings (SSSR count). The van der Waals surface area contributed by atoms with Crippen LogP contribution in [0.5, 0.6) is 0 Å². The molecule has 0 aromatic heterocycles. The minimum atomic E-state index is 0.366. The third kappa shape index (κ3) is 2.33. The highest BCUT2D eigenvalue weighted by Gasteiger charge is 2.44. The molecular formula is C20H28O. The van der Waals surface area contributed by atoms with Crippen LogP contribution in [0, 0.1) is 23.7 Å². The van der Waals surface area contributed by atoms with E-state index in [4.69, 9.17) is 0 Å². The van der Waals surface area contributed by atoms with Crippen molar-refractivity contribution in [1.29, 1.82) is 0 Å². The Labute approximate surface area is 128 Å². The molecule has 1 nitrogen and oxygen atoms in total. The van der Waals surface area contributed by atoms with Gasteiger partial charge in [0.25, 0.3) is 0 Å². The van der Waals surface area contributed by atoms with Gasteiger partial charge in [-0.1, -0.05) is 25.3 Å². The first kappa shape index (κ1) is 13.8. The molecule has 0 N–H and O–H groups in total. The van der Waals surface area contributed by atoms with E-state index in [2.05, 4.69) is 6.92 Å². The molecule has 2 fully saturated rings. The Morgan fingerprint density at radius 1 is 1.10 bits per heavy atom. The summed E-state index contributed by atoms with van der Waals surface area (Å²) in [5, 5.41) is 0. The number of carbonyl (C=O) groups is 1. The molecule has 21 heavy (non-hydrogen) atoms. The van der Waals surface area contributed by atoms with Gasteiger partial charge < -0.3 is 0 Å². The summed E-state index contributed by atoms with van der Waals surface area (Å²) in [6.45, 7) is 2.34. The van der Waals surface area contributed by atoms with Gasteiger partial charge in [0.15, 0.2) is 5.78 Å². The minimum absolute atomic E-state index is 0.366. The highest BCUT2D eigenvalue weighted by Crippen LogP contribution is 2.56. The van der Waals surface area contributed by atoms with Gasteiger partial charge in [0, 0.05) is 6.42 Å². The van der Waals surface area contributed by atoms with Gasteiger partial charge >= 0.3 is 0 Å². The largest absolute Gasteiger partial charge is 0.295 e. The van der Waals surface area contributed by atoms with Crippen LogP contribution >= 0.6 is 0 Å². The Morgan fingerprint density at radius 2 is 2.00 bits per heavy atom. The summed E-state index contributed by atoms with van der Waals surface area (Å²) in [5.41, 5.74) is 4.83. The maximum atomic E-state index is 11.7. The Morgan fingerprint density at radius 3 is 2.86 bits per heavy atom. The molecule has 0 bridgehead atoms. The van der Waals surface area contributed by atoms with Crippen LogP contribution in [0.4, 0.5) is 0 Å². The fraction of sp³-hybridized carbons (Fsp3) is 0.750. The van der Waals surface area contributed by atoms with Crippen LogP contribution < -0.4 is 0 Å². The van der Waals surface area contributed by atoms with Crippen molar-refractivity contribution in [3.8, 4) is 0 Å². The van der Waals surface area contributed by atoms with E-state index in [0.29, 0.717) is 5.78 Å². The van der Waals surface area contributed by atoms with E-state index in [0.717, 1.165) is 36.5 Å². The molecule has 4 aliphatic rings. The van der Waals surface area contributed by atoms with Crippen LogP contribution in [-0.2, 0) is 4.79 Å². The molecule has 0 aliphatic heterocycles. The van der Waals surface area contributed by atoms with E-state index in [-0.39, 0.29) is 0 Å². The van der Waals surface area contributed by atoms with Gasteiger partial charge in [-0.05, 0) is 85.8 Å². The second-order valence-corrected chi connectivity index (χ2v) is 7.87. The lowest BCUT2D eigenvalue weighted by atomic mass is 9.63. The Kier molecular flexibility index (Phi) is 3.55. The van der Waals surface area contributed by atoms with Crippen LogP contribution in [0.15, 0.2) is 22.8 Å². The van der Waals surface area contributed by atoms with E-state index < -0.39 is 0 Å². The summed E-state index contributed by atoms with van der Waals surface area (Å²) in [4.78, 5) is 11.7. The minimum Gasteiger partial charge on any atom is -0.295 e. The molecule has 2 saturated carbocycles. The second kappa shape index (κ2) is 5.41. The van der Waals surface area contributed by atoms with E-state index >= 15 is 0 Å². The zero-order valence-electron chi connectivity index (χ0n) is 13.4. The van der Waals surface area contributed by atoms with Gasteiger partial charge in [0.05, 0.1) is 0 Å². The molecule has 0 aromatic carbocycles. The highest BCUT2D eigenvalue weighted by atomic mass is 16.1. The molecule has 1 heteroatoms. The van der Waals surface area contributed by atoms with E-state index in [1.165, 1.54) is 56.9 Å². The molecule has 4 atom stereocenters. The smallest absolute Gasteiger partial charge is 0.156 e. The monoisotopic (exact) mass is 284 g/mol. The van der Waals surface area contributed by atoms with Crippen molar-refractivity contribution >= 4 is 5.78 Å². The third-order valence-corrected chi connectivity index (χ3v) is 6.75. The number of carbonyl (C=O) groups excluding carboxylic acids is 1. The standard InChI is InChI=1S/C20H28O/c1-2-3-13-10-14-4-7-18-17-9-6-16(21)12-15(17)5-8-19(18)20(14)11-13/h12-14,19-20H,2-11H2,1H3/t13?,14-,19-,20-/m1/s1. The molecule has 0 aromatic rings. The second-order valence-electron chi connectivity index (χ2n) is 7.87. The van der Waals surface area contributed by atoms with Crippen molar-refractivity contribution in [2.45, 2.75) is 71.1 Å². The number of rotatable bonds is 2. The van der Waals surface area contributed by atoms with Gasteiger partial charge in [-0.2, -0.15) is 0 Å². The van der Waals surface area contributed by atoms with Gasteiger partial charge in [0.2, 0.25) is 0 Å². The van der Waals surface area contributed by atoms with Crippen molar-refractivity contribution in [3.05, 3.63) is 22.8 Å². The van der Waals surface area contributed by atoms with Crippen LogP contribution in [0.1, 0.15) is 71.1 Å². The zero-order chi connectivity index (χ0) is 14.4. The normalized spacial score (nSPS) is 38.7. The predicted molar refractivity (Wildman–Crippen MR) is 85.9 cm³/mol. The molecule has 0 radical (unpaired) electrons. The van der Waals surface area contributed by atoms with Crippen molar-refractivity contribution in [1.82, 2.24) is 0 Å². The molecule has 1 unspecified atom stereocenters. The Bertz CT molecular complexity index is 510. The Hall–Kier alpha value is -0.850. The number of allylic oxidation sites excluding steroid dienone is 4. The number of fused-ring (bicyclic) bond motifs is 4.